The number of hydrogen-bond acceptors (Lipinski definition) is 3. The Kier molecular flexibility index (Phi) is 3.27. The van der Waals surface area contributed by atoms with Crippen molar-refractivity contribution in [1.82, 2.24) is 5.32 Å². The summed E-state index contributed by atoms with van der Waals surface area (Å²) < 4.78 is 5.41. The number of fused-ring (bicyclic) bond motifs is 5. The number of carbonyl (C=O) groups is 1. The lowest BCUT2D eigenvalue weighted by Gasteiger charge is -2.32. The molecule has 3 aliphatic carbocycles. The van der Waals surface area contributed by atoms with Gasteiger partial charge >= 0.3 is 6.09 Å². The van der Waals surface area contributed by atoms with Crippen molar-refractivity contribution in [2.45, 2.75) is 64.0 Å². The summed E-state index contributed by atoms with van der Waals surface area (Å²) in [5.41, 5.74) is 5.35. The van der Waals surface area contributed by atoms with Gasteiger partial charge in [0.05, 0.1) is 5.54 Å². The van der Waals surface area contributed by atoms with Gasteiger partial charge in [-0.05, 0) is 76.5 Å². The molecule has 114 valence electrons. The number of amides is 1. The molecule has 20 heavy (non-hydrogen) atoms. The largest absolute Gasteiger partial charge is 0.444 e. The molecule has 3 saturated carbocycles. The van der Waals surface area contributed by atoms with Gasteiger partial charge in [0.25, 0.3) is 0 Å². The predicted octanol–water partition coefficient (Wildman–Crippen LogP) is 2.66. The maximum Gasteiger partial charge on any atom is 0.408 e. The third-order valence-electron chi connectivity index (χ3n) is 5.68. The molecule has 3 aliphatic rings. The zero-order valence-corrected chi connectivity index (χ0v) is 12.9. The summed E-state index contributed by atoms with van der Waals surface area (Å²) in [6.45, 7) is 6.21. The Morgan fingerprint density at radius 1 is 1.25 bits per heavy atom. The van der Waals surface area contributed by atoms with Crippen molar-refractivity contribution >= 4 is 6.09 Å². The van der Waals surface area contributed by atoms with Gasteiger partial charge in [-0.1, -0.05) is 0 Å². The Labute approximate surface area is 121 Å². The molecule has 0 spiro atoms. The molecule has 0 heterocycles. The second-order valence-electron chi connectivity index (χ2n) is 8.18. The van der Waals surface area contributed by atoms with E-state index in [9.17, 15) is 4.79 Å². The van der Waals surface area contributed by atoms with Crippen molar-refractivity contribution in [3.05, 3.63) is 0 Å². The monoisotopic (exact) mass is 280 g/mol. The average Bonchev–Trinajstić information content (AvgIpc) is 2.95. The van der Waals surface area contributed by atoms with Crippen molar-refractivity contribution in [1.29, 1.82) is 0 Å². The Morgan fingerprint density at radius 2 is 1.80 bits per heavy atom. The van der Waals surface area contributed by atoms with Gasteiger partial charge in [0, 0.05) is 6.54 Å². The standard InChI is InChI=1S/C16H28N2O2/c1-15(2,3)20-14(19)18-16(9-17)7-12-10-4-5-11(6-10)13(12)8-16/h10-13H,4-9,17H2,1-3H3,(H,18,19). The Bertz CT molecular complexity index is 384. The normalized spacial score (nSPS) is 42.6. The van der Waals surface area contributed by atoms with Crippen LogP contribution in [0.4, 0.5) is 4.79 Å². The van der Waals surface area contributed by atoms with Crippen molar-refractivity contribution in [3.63, 3.8) is 0 Å². The summed E-state index contributed by atoms with van der Waals surface area (Å²) in [6.07, 6.45) is 5.99. The van der Waals surface area contributed by atoms with Crippen LogP contribution in [0.2, 0.25) is 0 Å². The summed E-state index contributed by atoms with van der Waals surface area (Å²) in [4.78, 5) is 12.1. The SMILES string of the molecule is CC(C)(C)OC(=O)NC1(CN)CC2C3CCC(C3)C2C1. The van der Waals surface area contributed by atoms with Crippen LogP contribution < -0.4 is 11.1 Å². The number of alkyl carbamates (subject to hydrolysis) is 1. The van der Waals surface area contributed by atoms with Gasteiger partial charge in [0.15, 0.2) is 0 Å². The van der Waals surface area contributed by atoms with Gasteiger partial charge in [-0.15, -0.1) is 0 Å². The highest BCUT2D eigenvalue weighted by Gasteiger charge is 2.56. The molecular weight excluding hydrogens is 252 g/mol. The third-order valence-corrected chi connectivity index (χ3v) is 5.68. The molecule has 3 fully saturated rings. The smallest absolute Gasteiger partial charge is 0.408 e. The van der Waals surface area contributed by atoms with E-state index in [1.165, 1.54) is 19.3 Å². The fraction of sp³-hybridized carbons (Fsp3) is 0.938. The third kappa shape index (κ3) is 2.43. The average molecular weight is 280 g/mol. The van der Waals surface area contributed by atoms with Gasteiger partial charge < -0.3 is 15.8 Å². The lowest BCUT2D eigenvalue weighted by Crippen LogP contribution is -2.53. The van der Waals surface area contributed by atoms with Gasteiger partial charge in [-0.3, -0.25) is 0 Å². The van der Waals surface area contributed by atoms with E-state index >= 15 is 0 Å². The van der Waals surface area contributed by atoms with Crippen molar-refractivity contribution in [2.75, 3.05) is 6.54 Å². The molecule has 0 aromatic heterocycles. The first-order valence-corrected chi connectivity index (χ1v) is 8.03. The first-order chi connectivity index (χ1) is 9.32. The quantitative estimate of drug-likeness (QED) is 0.817. The zero-order chi connectivity index (χ0) is 14.5. The van der Waals surface area contributed by atoms with Crippen LogP contribution in [0.5, 0.6) is 0 Å². The molecule has 1 amide bonds. The predicted molar refractivity (Wildman–Crippen MR) is 78.2 cm³/mol. The van der Waals surface area contributed by atoms with E-state index in [2.05, 4.69) is 5.32 Å². The molecule has 0 saturated heterocycles. The molecule has 0 aromatic rings. The summed E-state index contributed by atoms with van der Waals surface area (Å²) in [6, 6.07) is 0. The van der Waals surface area contributed by atoms with E-state index in [0.29, 0.717) is 6.54 Å². The van der Waals surface area contributed by atoms with Crippen LogP contribution in [0.25, 0.3) is 0 Å². The molecule has 4 nitrogen and oxygen atoms in total. The highest BCUT2D eigenvalue weighted by atomic mass is 16.6. The van der Waals surface area contributed by atoms with Crippen molar-refractivity contribution in [3.8, 4) is 0 Å². The van der Waals surface area contributed by atoms with Crippen molar-refractivity contribution in [2.24, 2.45) is 29.4 Å². The zero-order valence-electron chi connectivity index (χ0n) is 12.9. The van der Waals surface area contributed by atoms with E-state index < -0.39 is 5.60 Å². The maximum absolute atomic E-state index is 12.1. The Morgan fingerprint density at radius 3 is 2.25 bits per heavy atom. The maximum atomic E-state index is 12.1. The fourth-order valence-electron chi connectivity index (χ4n) is 4.99. The fourth-order valence-corrected chi connectivity index (χ4v) is 4.99. The second kappa shape index (κ2) is 4.62. The topological polar surface area (TPSA) is 64.3 Å². The van der Waals surface area contributed by atoms with E-state index in [1.54, 1.807) is 0 Å². The summed E-state index contributed by atoms with van der Waals surface area (Å²) >= 11 is 0. The summed E-state index contributed by atoms with van der Waals surface area (Å²) in [7, 11) is 0. The van der Waals surface area contributed by atoms with E-state index in [4.69, 9.17) is 10.5 Å². The number of rotatable bonds is 2. The summed E-state index contributed by atoms with van der Waals surface area (Å²) in [5, 5.41) is 3.11. The van der Waals surface area contributed by atoms with E-state index in [0.717, 1.165) is 36.5 Å². The summed E-state index contributed by atoms with van der Waals surface area (Å²) in [5.74, 6) is 3.34. The van der Waals surface area contributed by atoms with Gasteiger partial charge in [0.2, 0.25) is 0 Å². The van der Waals surface area contributed by atoms with Crippen LogP contribution in [-0.4, -0.2) is 23.8 Å². The number of nitrogens with one attached hydrogen (secondary N) is 1. The molecule has 4 heteroatoms. The van der Waals surface area contributed by atoms with Gasteiger partial charge in [0.1, 0.15) is 5.60 Å². The molecule has 0 radical (unpaired) electrons. The number of hydrogen-bond donors (Lipinski definition) is 2. The molecule has 4 atom stereocenters. The number of carbonyl (C=O) groups excluding carboxylic acids is 1. The molecule has 2 bridgehead atoms. The number of nitrogens with two attached hydrogens (primary N) is 1. The van der Waals surface area contributed by atoms with Gasteiger partial charge in [-0.25, -0.2) is 4.79 Å². The lowest BCUT2D eigenvalue weighted by molar-refractivity contribution is 0.0454. The number of ether oxygens (including phenoxy) is 1. The molecular formula is C16H28N2O2. The highest BCUT2D eigenvalue weighted by Crippen LogP contribution is 2.60. The van der Waals surface area contributed by atoms with E-state index in [-0.39, 0.29) is 11.6 Å². The molecule has 4 unspecified atom stereocenters. The van der Waals surface area contributed by atoms with E-state index in [1.807, 2.05) is 20.8 Å². The Hall–Kier alpha value is -0.770. The second-order valence-corrected chi connectivity index (χ2v) is 8.18. The van der Waals surface area contributed by atoms with Gasteiger partial charge in [-0.2, -0.15) is 0 Å². The lowest BCUT2D eigenvalue weighted by atomic mass is 9.82. The minimum atomic E-state index is -0.451. The first-order valence-electron chi connectivity index (χ1n) is 8.03. The molecule has 0 aliphatic heterocycles. The molecule has 3 rings (SSSR count). The van der Waals surface area contributed by atoms with Crippen LogP contribution in [0.3, 0.4) is 0 Å². The minimum absolute atomic E-state index is 0.223. The van der Waals surface area contributed by atoms with Crippen LogP contribution in [0.1, 0.15) is 52.9 Å². The minimum Gasteiger partial charge on any atom is -0.444 e. The van der Waals surface area contributed by atoms with Crippen molar-refractivity contribution < 1.29 is 9.53 Å². The molecule has 0 aromatic carbocycles. The van der Waals surface area contributed by atoms with Crippen LogP contribution in [0.15, 0.2) is 0 Å². The first kappa shape index (κ1) is 14.2. The van der Waals surface area contributed by atoms with Crippen LogP contribution in [0, 0.1) is 23.7 Å². The Balaban J connectivity index is 1.67. The highest BCUT2D eigenvalue weighted by molar-refractivity contribution is 5.69. The molecule has 3 N–H and O–H groups in total. The van der Waals surface area contributed by atoms with Crippen LogP contribution >= 0.6 is 0 Å². The van der Waals surface area contributed by atoms with Crippen LogP contribution in [-0.2, 0) is 4.74 Å².